The van der Waals surface area contributed by atoms with Crippen molar-refractivity contribution in [1.82, 2.24) is 0 Å². The fourth-order valence-electron chi connectivity index (χ4n) is 2.84. The fourth-order valence-corrected chi connectivity index (χ4v) is 2.84. The maximum absolute atomic E-state index is 12.7. The number of unbranched alkanes of at least 4 members (excludes halogenated alkanes) is 2. The largest absolute Gasteiger partial charge is 0.464 e. The fraction of sp³-hybridized carbons (Fsp3) is 0.800. The Bertz CT molecular complexity index is 590. The van der Waals surface area contributed by atoms with E-state index in [0.29, 0.717) is 12.8 Å². The van der Waals surface area contributed by atoms with Crippen LogP contribution in [-0.2, 0) is 47.6 Å². The van der Waals surface area contributed by atoms with Crippen LogP contribution in [0.15, 0.2) is 0 Å². The van der Waals surface area contributed by atoms with E-state index in [0.717, 1.165) is 26.7 Å². The Morgan fingerprint density at radius 2 is 1.23 bits per heavy atom. The molecule has 172 valence electrons. The molecule has 0 saturated carbocycles. The maximum atomic E-state index is 12.7. The molecule has 1 rings (SSSR count). The first kappa shape index (κ1) is 25.8. The quantitative estimate of drug-likeness (QED) is 0.270. The molecule has 0 amide bonds. The van der Waals surface area contributed by atoms with Gasteiger partial charge < -0.3 is 28.4 Å². The van der Waals surface area contributed by atoms with Crippen molar-refractivity contribution >= 4 is 23.9 Å². The Labute approximate surface area is 176 Å². The number of carbonyl (C=O) groups excluding carboxylic acids is 4. The van der Waals surface area contributed by atoms with E-state index in [1.54, 1.807) is 0 Å². The van der Waals surface area contributed by atoms with E-state index in [9.17, 15) is 19.2 Å². The van der Waals surface area contributed by atoms with Crippen LogP contribution in [0.1, 0.15) is 60.3 Å². The van der Waals surface area contributed by atoms with Gasteiger partial charge in [-0.25, -0.2) is 4.79 Å². The van der Waals surface area contributed by atoms with Gasteiger partial charge in [-0.1, -0.05) is 26.7 Å². The van der Waals surface area contributed by atoms with E-state index in [2.05, 4.69) is 0 Å². The van der Waals surface area contributed by atoms with Crippen LogP contribution in [0, 0.1) is 0 Å². The minimum absolute atomic E-state index is 0.148. The topological polar surface area (TPSA) is 124 Å². The number of hydrogen-bond acceptors (Lipinski definition) is 10. The molecule has 1 saturated heterocycles. The third kappa shape index (κ3) is 8.27. The molecule has 1 fully saturated rings. The highest BCUT2D eigenvalue weighted by Crippen LogP contribution is 2.30. The van der Waals surface area contributed by atoms with Gasteiger partial charge in [-0.05, 0) is 12.8 Å². The third-order valence-corrected chi connectivity index (χ3v) is 4.16. The molecule has 0 aliphatic carbocycles. The van der Waals surface area contributed by atoms with Gasteiger partial charge in [-0.3, -0.25) is 14.4 Å². The van der Waals surface area contributed by atoms with Crippen LogP contribution < -0.4 is 0 Å². The van der Waals surface area contributed by atoms with E-state index in [4.69, 9.17) is 28.4 Å². The average Bonchev–Trinajstić information content (AvgIpc) is 2.65. The summed E-state index contributed by atoms with van der Waals surface area (Å²) in [6, 6.07) is 0. The summed E-state index contributed by atoms with van der Waals surface area (Å²) in [6.07, 6.45) is -3.63. The van der Waals surface area contributed by atoms with Crippen LogP contribution >= 0.6 is 0 Å². The predicted molar refractivity (Wildman–Crippen MR) is 102 cm³/mol. The summed E-state index contributed by atoms with van der Waals surface area (Å²) >= 11 is 0. The molecule has 1 aliphatic rings. The summed E-state index contributed by atoms with van der Waals surface area (Å²) in [6.45, 7) is 7.74. The number of hydrogen-bond donors (Lipinski definition) is 0. The highest BCUT2D eigenvalue weighted by Gasteiger charge is 2.55. The molecular formula is C20H32O10. The van der Waals surface area contributed by atoms with Gasteiger partial charge >= 0.3 is 23.9 Å². The Balaban J connectivity index is 3.25. The molecule has 1 unspecified atom stereocenters. The Morgan fingerprint density at radius 1 is 0.733 bits per heavy atom. The molecule has 0 aromatic carbocycles. The van der Waals surface area contributed by atoms with E-state index in [-0.39, 0.29) is 13.2 Å². The highest BCUT2D eigenvalue weighted by atomic mass is 16.7. The number of ether oxygens (including phenoxy) is 6. The minimum atomic E-state index is -1.42. The van der Waals surface area contributed by atoms with Gasteiger partial charge in [0.05, 0.1) is 6.61 Å². The lowest BCUT2D eigenvalue weighted by Gasteiger charge is -2.43. The van der Waals surface area contributed by atoms with Gasteiger partial charge in [0.15, 0.2) is 30.7 Å². The van der Waals surface area contributed by atoms with Crippen LogP contribution in [0.25, 0.3) is 0 Å². The second-order valence-electron chi connectivity index (χ2n) is 6.89. The first-order chi connectivity index (χ1) is 14.2. The summed E-state index contributed by atoms with van der Waals surface area (Å²) in [7, 11) is 0. The monoisotopic (exact) mass is 432 g/mol. The van der Waals surface area contributed by atoms with Crippen LogP contribution in [0.3, 0.4) is 0 Å². The van der Waals surface area contributed by atoms with E-state index >= 15 is 0 Å². The van der Waals surface area contributed by atoms with Crippen molar-refractivity contribution in [1.29, 1.82) is 0 Å². The summed E-state index contributed by atoms with van der Waals surface area (Å²) in [5, 5.41) is 0. The van der Waals surface area contributed by atoms with Crippen molar-refractivity contribution in [2.45, 2.75) is 91.0 Å². The predicted octanol–water partition coefficient (Wildman–Crippen LogP) is 1.67. The zero-order valence-corrected chi connectivity index (χ0v) is 18.2. The normalized spacial score (nSPS) is 25.8. The van der Waals surface area contributed by atoms with Gasteiger partial charge in [0.2, 0.25) is 0 Å². The summed E-state index contributed by atoms with van der Waals surface area (Å²) in [4.78, 5) is 47.7. The number of esters is 4. The van der Waals surface area contributed by atoms with Crippen LogP contribution in [0.4, 0.5) is 0 Å². The minimum Gasteiger partial charge on any atom is -0.464 e. The Morgan fingerprint density at radius 3 is 1.77 bits per heavy atom. The van der Waals surface area contributed by atoms with Crippen molar-refractivity contribution in [2.24, 2.45) is 0 Å². The van der Waals surface area contributed by atoms with Crippen molar-refractivity contribution < 1.29 is 47.6 Å². The molecule has 0 radical (unpaired) electrons. The molecule has 30 heavy (non-hydrogen) atoms. The van der Waals surface area contributed by atoms with Gasteiger partial charge in [0, 0.05) is 27.4 Å². The molecule has 10 nitrogen and oxygen atoms in total. The van der Waals surface area contributed by atoms with Crippen molar-refractivity contribution in [3.05, 3.63) is 0 Å². The zero-order chi connectivity index (χ0) is 22.7. The molecule has 0 spiro atoms. The van der Waals surface area contributed by atoms with Gasteiger partial charge in [-0.15, -0.1) is 0 Å². The van der Waals surface area contributed by atoms with E-state index in [1.807, 2.05) is 13.8 Å². The van der Waals surface area contributed by atoms with Gasteiger partial charge in [0.25, 0.3) is 0 Å². The van der Waals surface area contributed by atoms with E-state index in [1.165, 1.54) is 6.92 Å². The maximum Gasteiger partial charge on any atom is 0.339 e. The molecule has 1 heterocycles. The first-order valence-electron chi connectivity index (χ1n) is 10.2. The molecule has 0 N–H and O–H groups in total. The summed E-state index contributed by atoms with van der Waals surface area (Å²) < 4.78 is 32.4. The number of carbonyl (C=O) groups is 4. The molecular weight excluding hydrogens is 400 g/mol. The molecule has 5 atom stereocenters. The summed E-state index contributed by atoms with van der Waals surface area (Å²) in [5.74, 6) is -2.94. The second kappa shape index (κ2) is 13.2. The molecule has 0 bridgehead atoms. The van der Waals surface area contributed by atoms with Crippen molar-refractivity contribution in [3.63, 3.8) is 0 Å². The standard InChI is InChI=1S/C20H32O10/c1-6-8-10-25-19(24)17-15(27-12(3)21)16(28-13(4)22)18(29-14(5)23)20(30-17)26-11-9-7-2/h15-18,20H,6-11H2,1-5H3/t15-,16-,17-,18+,20?/m0/s1. The van der Waals surface area contributed by atoms with Crippen LogP contribution in [0.2, 0.25) is 0 Å². The van der Waals surface area contributed by atoms with E-state index < -0.39 is 54.6 Å². The van der Waals surface area contributed by atoms with Gasteiger partial charge in [0.1, 0.15) is 0 Å². The zero-order valence-electron chi connectivity index (χ0n) is 18.2. The van der Waals surface area contributed by atoms with Gasteiger partial charge in [-0.2, -0.15) is 0 Å². The highest BCUT2D eigenvalue weighted by molar-refractivity contribution is 5.77. The first-order valence-corrected chi connectivity index (χ1v) is 10.2. The lowest BCUT2D eigenvalue weighted by atomic mass is 9.97. The molecule has 0 aromatic heterocycles. The molecule has 1 aliphatic heterocycles. The van der Waals surface area contributed by atoms with Crippen LogP contribution in [-0.4, -0.2) is 67.8 Å². The average molecular weight is 432 g/mol. The summed E-state index contributed by atoms with van der Waals surface area (Å²) in [5.41, 5.74) is 0. The Hall–Kier alpha value is -2.20. The lowest BCUT2D eigenvalue weighted by Crippen LogP contribution is -2.64. The SMILES string of the molecule is CCCCOC(=O)[C@H]1OC(OCCCC)[C@H](OC(C)=O)[C@@H](OC(C)=O)[C@@H]1OC(C)=O. The smallest absolute Gasteiger partial charge is 0.339 e. The van der Waals surface area contributed by atoms with Crippen molar-refractivity contribution in [3.8, 4) is 0 Å². The Kier molecular flexibility index (Phi) is 11.3. The molecule has 0 aromatic rings. The van der Waals surface area contributed by atoms with Crippen molar-refractivity contribution in [2.75, 3.05) is 13.2 Å². The lowest BCUT2D eigenvalue weighted by molar-refractivity contribution is -0.302. The third-order valence-electron chi connectivity index (χ3n) is 4.16. The number of rotatable bonds is 11. The van der Waals surface area contributed by atoms with Crippen LogP contribution in [0.5, 0.6) is 0 Å². The second-order valence-corrected chi connectivity index (χ2v) is 6.89. The molecule has 10 heteroatoms.